The summed E-state index contributed by atoms with van der Waals surface area (Å²) >= 11 is 0. The minimum absolute atomic E-state index is 0.0249. The van der Waals surface area contributed by atoms with E-state index in [1.165, 1.54) is 24.0 Å². The second-order valence-corrected chi connectivity index (χ2v) is 5.90. The summed E-state index contributed by atoms with van der Waals surface area (Å²) in [6, 6.07) is 3.75. The van der Waals surface area contributed by atoms with Crippen LogP contribution in [0.5, 0.6) is 0 Å². The van der Waals surface area contributed by atoms with Crippen molar-refractivity contribution in [1.82, 2.24) is 14.6 Å². The van der Waals surface area contributed by atoms with E-state index >= 15 is 0 Å². The summed E-state index contributed by atoms with van der Waals surface area (Å²) in [6.07, 6.45) is -3.51. The van der Waals surface area contributed by atoms with Gasteiger partial charge in [0.1, 0.15) is 17.2 Å². The molecule has 2 aromatic heterocycles. The Morgan fingerprint density at radius 2 is 1.93 bits per heavy atom. The Morgan fingerprint density at radius 1 is 1.19 bits per heavy atom. The average Bonchev–Trinajstić information content (AvgIpc) is 3.13. The van der Waals surface area contributed by atoms with E-state index in [2.05, 4.69) is 15.4 Å². The highest BCUT2D eigenvalue weighted by Crippen LogP contribution is 2.43. The molecule has 27 heavy (non-hydrogen) atoms. The van der Waals surface area contributed by atoms with E-state index in [0.29, 0.717) is 11.6 Å². The molecular weight excluding hydrogens is 369 g/mol. The molecule has 140 valence electrons. The molecule has 0 aliphatic heterocycles. The third-order valence-corrected chi connectivity index (χ3v) is 4.36. The molecule has 0 bridgehead atoms. The van der Waals surface area contributed by atoms with Crippen molar-refractivity contribution >= 4 is 27.9 Å². The average molecular weight is 381 g/mol. The van der Waals surface area contributed by atoms with Crippen LogP contribution in [-0.2, 0) is 6.18 Å². The molecule has 0 spiro atoms. The van der Waals surface area contributed by atoms with Crippen molar-refractivity contribution in [2.75, 3.05) is 18.2 Å². The molecule has 10 heteroatoms. The zero-order chi connectivity index (χ0) is 19.5. The van der Waals surface area contributed by atoms with Gasteiger partial charge in [-0.05, 0) is 18.2 Å². The number of alkyl halides is 3. The van der Waals surface area contributed by atoms with Gasteiger partial charge in [-0.1, -0.05) is 0 Å². The normalized spacial score (nSPS) is 12.2. The van der Waals surface area contributed by atoms with Gasteiger partial charge in [0.05, 0.1) is 16.6 Å². The van der Waals surface area contributed by atoms with E-state index < -0.39 is 23.4 Å². The summed E-state index contributed by atoms with van der Waals surface area (Å²) in [5, 5.41) is -0.0249. The van der Waals surface area contributed by atoms with Crippen LogP contribution < -0.4 is 11.2 Å². The van der Waals surface area contributed by atoms with E-state index in [1.807, 2.05) is 0 Å². The number of rotatable bonds is 2. The number of aromatic amines is 1. The highest BCUT2D eigenvalue weighted by atomic mass is 19.4. The van der Waals surface area contributed by atoms with Gasteiger partial charge in [0.25, 0.3) is 0 Å². The van der Waals surface area contributed by atoms with Gasteiger partial charge in [0.15, 0.2) is 0 Å². The second kappa shape index (κ2) is 5.60. The molecule has 5 nitrogen and oxygen atoms in total. The van der Waals surface area contributed by atoms with Crippen LogP contribution in [0.25, 0.3) is 33.1 Å². The van der Waals surface area contributed by atoms with Gasteiger partial charge in [-0.2, -0.15) is 13.2 Å². The molecule has 4 rings (SSSR count). The predicted octanol–water partition coefficient (Wildman–Crippen LogP) is 4.24. The maximum absolute atomic E-state index is 14.0. The lowest BCUT2D eigenvalue weighted by Gasteiger charge is -2.14. The number of nitrogens with zero attached hydrogens (tertiary/aromatic N) is 2. The minimum atomic E-state index is -4.71. The van der Waals surface area contributed by atoms with Gasteiger partial charge >= 0.3 is 6.18 Å². The number of H-pyrrole nitrogens is 1. The summed E-state index contributed by atoms with van der Waals surface area (Å²) in [6.45, 7) is 0. The van der Waals surface area contributed by atoms with Crippen LogP contribution in [-0.4, -0.2) is 21.7 Å². The van der Waals surface area contributed by atoms with Crippen LogP contribution in [0.2, 0.25) is 0 Å². The first-order chi connectivity index (χ1) is 12.7. The van der Waals surface area contributed by atoms with Crippen molar-refractivity contribution in [3.8, 4) is 11.1 Å². The summed E-state index contributed by atoms with van der Waals surface area (Å²) in [7, 11) is 1.53. The topological polar surface area (TPSA) is 71.7 Å². The van der Waals surface area contributed by atoms with Crippen LogP contribution in [0.4, 0.5) is 27.9 Å². The third-order valence-electron chi connectivity index (χ3n) is 4.36. The molecule has 2 heterocycles. The molecule has 0 atom stereocenters. The third kappa shape index (κ3) is 2.47. The molecule has 0 saturated carbocycles. The fourth-order valence-corrected chi connectivity index (χ4v) is 3.27. The van der Waals surface area contributed by atoms with Crippen molar-refractivity contribution in [2.45, 2.75) is 6.18 Å². The molecule has 4 N–H and O–H groups in total. The van der Waals surface area contributed by atoms with Crippen LogP contribution in [0.15, 0.2) is 30.5 Å². The van der Waals surface area contributed by atoms with Gasteiger partial charge in [-0.15, -0.1) is 0 Å². The molecule has 0 fully saturated rings. The van der Waals surface area contributed by atoms with E-state index in [4.69, 9.17) is 5.73 Å². The molecule has 0 unspecified atom stereocenters. The largest absolute Gasteiger partial charge is 0.417 e. The van der Waals surface area contributed by atoms with E-state index in [-0.39, 0.29) is 33.5 Å². The number of benzene rings is 2. The number of hydrogen-bond donors (Lipinski definition) is 3. The van der Waals surface area contributed by atoms with Crippen molar-refractivity contribution in [1.29, 1.82) is 0 Å². The SMILES string of the molecule is CNn1c(N)nc2c(-c3c[nH]c4c(F)cc(F)cc34)c(C(F)(F)F)ccc21. The first kappa shape index (κ1) is 17.1. The molecular formula is C17H12F5N5. The Balaban J connectivity index is 2.18. The number of anilines is 1. The lowest BCUT2D eigenvalue weighted by Crippen LogP contribution is -2.12. The number of nitrogens with one attached hydrogen (secondary N) is 2. The summed E-state index contributed by atoms with van der Waals surface area (Å²) in [5.74, 6) is -1.86. The van der Waals surface area contributed by atoms with Crippen molar-refractivity contribution in [3.05, 3.63) is 47.7 Å². The Hall–Kier alpha value is -3.30. The lowest BCUT2D eigenvalue weighted by molar-refractivity contribution is -0.137. The monoisotopic (exact) mass is 381 g/mol. The number of nitrogens with two attached hydrogens (primary N) is 1. The summed E-state index contributed by atoms with van der Waals surface area (Å²) < 4.78 is 70.1. The van der Waals surface area contributed by atoms with Gasteiger partial charge in [0, 0.05) is 35.8 Å². The second-order valence-electron chi connectivity index (χ2n) is 5.90. The highest BCUT2D eigenvalue weighted by Gasteiger charge is 2.36. The quantitative estimate of drug-likeness (QED) is 0.455. The van der Waals surface area contributed by atoms with Crippen molar-refractivity contribution < 1.29 is 22.0 Å². The molecule has 2 aromatic carbocycles. The molecule has 0 saturated heterocycles. The number of halogens is 5. The fourth-order valence-electron chi connectivity index (χ4n) is 3.27. The zero-order valence-electron chi connectivity index (χ0n) is 13.7. The van der Waals surface area contributed by atoms with Gasteiger partial charge in [-0.25, -0.2) is 18.4 Å². The van der Waals surface area contributed by atoms with E-state index in [9.17, 15) is 22.0 Å². The molecule has 0 amide bonds. The van der Waals surface area contributed by atoms with Gasteiger partial charge in [0.2, 0.25) is 5.95 Å². The Morgan fingerprint density at radius 3 is 2.59 bits per heavy atom. The summed E-state index contributed by atoms with van der Waals surface area (Å²) in [5.41, 5.74) is 7.35. The smallest absolute Gasteiger partial charge is 0.368 e. The van der Waals surface area contributed by atoms with Crippen molar-refractivity contribution in [3.63, 3.8) is 0 Å². The maximum Gasteiger partial charge on any atom is 0.417 e. The number of nitrogen functional groups attached to an aromatic ring is 1. The van der Waals surface area contributed by atoms with Gasteiger partial charge in [-0.3, -0.25) is 0 Å². The highest BCUT2D eigenvalue weighted by molar-refractivity contribution is 6.05. The van der Waals surface area contributed by atoms with E-state index in [1.54, 1.807) is 0 Å². The molecule has 0 radical (unpaired) electrons. The van der Waals surface area contributed by atoms with E-state index in [0.717, 1.165) is 12.1 Å². The first-order valence-corrected chi connectivity index (χ1v) is 7.74. The van der Waals surface area contributed by atoms with Crippen LogP contribution in [0.1, 0.15) is 5.56 Å². The number of aromatic nitrogens is 3. The Labute approximate surface area is 148 Å². The fraction of sp³-hybridized carbons (Fsp3) is 0.118. The molecule has 0 aliphatic rings. The van der Waals surface area contributed by atoms with Crippen LogP contribution >= 0.6 is 0 Å². The standard InChI is InChI=1S/C17H12F5N5/c1-24-27-12-3-2-10(17(20,21)22)13(15(12)26-16(27)23)9-6-25-14-8(9)4-7(18)5-11(14)19/h2-6,24-25H,1H3,(H2,23,26). The first-order valence-electron chi connectivity index (χ1n) is 7.74. The zero-order valence-corrected chi connectivity index (χ0v) is 13.7. The maximum atomic E-state index is 14.0. The van der Waals surface area contributed by atoms with Crippen LogP contribution in [0, 0.1) is 11.6 Å². The van der Waals surface area contributed by atoms with Gasteiger partial charge < -0.3 is 16.1 Å². The lowest BCUT2D eigenvalue weighted by atomic mass is 9.97. The predicted molar refractivity (Wildman–Crippen MR) is 91.6 cm³/mol. The summed E-state index contributed by atoms with van der Waals surface area (Å²) in [4.78, 5) is 6.61. The number of hydrogen-bond acceptors (Lipinski definition) is 3. The number of imidazole rings is 1. The Bertz CT molecular complexity index is 1190. The van der Waals surface area contributed by atoms with Crippen molar-refractivity contribution in [2.24, 2.45) is 0 Å². The molecule has 0 aliphatic carbocycles. The molecule has 4 aromatic rings. The number of fused-ring (bicyclic) bond motifs is 2. The Kier molecular flexibility index (Phi) is 3.55. The van der Waals surface area contributed by atoms with Crippen LogP contribution in [0.3, 0.4) is 0 Å². The minimum Gasteiger partial charge on any atom is -0.368 e.